The Kier molecular flexibility index (Phi) is 5.92. The van der Waals surface area contributed by atoms with Crippen molar-refractivity contribution in [3.8, 4) is 0 Å². The number of hydrogen-bond acceptors (Lipinski definition) is 2. The number of halogens is 3. The van der Waals surface area contributed by atoms with Gasteiger partial charge in [0.1, 0.15) is 0 Å². The molecule has 2 atom stereocenters. The average Bonchev–Trinajstić information content (AvgIpc) is 2.24. The molecule has 0 aromatic heterocycles. The van der Waals surface area contributed by atoms with Gasteiger partial charge in [-0.15, -0.1) is 0 Å². The molecular weight excluding hydrogens is 243 g/mol. The van der Waals surface area contributed by atoms with E-state index < -0.39 is 12.6 Å². The largest absolute Gasteiger partial charge is 0.389 e. The minimum atomic E-state index is -4.07. The molecule has 0 aromatic carbocycles. The van der Waals surface area contributed by atoms with Crippen molar-refractivity contribution in [1.29, 1.82) is 0 Å². The van der Waals surface area contributed by atoms with Crippen LogP contribution < -0.4 is 5.32 Å². The zero-order valence-corrected chi connectivity index (χ0v) is 11.3. The van der Waals surface area contributed by atoms with Crippen LogP contribution in [0.2, 0.25) is 0 Å². The molecular formula is C13H24F3NO. The molecule has 0 saturated heterocycles. The van der Waals surface area contributed by atoms with E-state index in [9.17, 15) is 13.2 Å². The van der Waals surface area contributed by atoms with Crippen LogP contribution in [0.5, 0.6) is 0 Å². The summed E-state index contributed by atoms with van der Waals surface area (Å²) >= 11 is 0. The topological polar surface area (TPSA) is 21.3 Å². The zero-order chi connectivity index (χ0) is 13.6. The number of likely N-dealkylation sites (N-methyl/N-ethyl adjacent to an activating group) is 1. The highest BCUT2D eigenvalue weighted by Crippen LogP contribution is 2.35. The third-order valence-electron chi connectivity index (χ3n) is 3.56. The van der Waals surface area contributed by atoms with Gasteiger partial charge < -0.3 is 10.1 Å². The van der Waals surface area contributed by atoms with Gasteiger partial charge in [0.15, 0.2) is 0 Å². The highest BCUT2D eigenvalue weighted by molar-refractivity contribution is 4.88. The summed E-state index contributed by atoms with van der Waals surface area (Å²) in [6.45, 7) is 3.11. The minimum Gasteiger partial charge on any atom is -0.374 e. The Morgan fingerprint density at radius 1 is 1.39 bits per heavy atom. The molecule has 1 aliphatic carbocycles. The molecule has 5 heteroatoms. The van der Waals surface area contributed by atoms with Crippen LogP contribution in [0.1, 0.15) is 45.4 Å². The van der Waals surface area contributed by atoms with Crippen LogP contribution in [0.4, 0.5) is 13.2 Å². The molecule has 1 rings (SSSR count). The lowest BCUT2D eigenvalue weighted by Crippen LogP contribution is -2.45. The fourth-order valence-corrected chi connectivity index (χ4v) is 2.84. The van der Waals surface area contributed by atoms with E-state index >= 15 is 0 Å². The molecule has 0 spiro atoms. The van der Waals surface area contributed by atoms with Crippen LogP contribution in [-0.2, 0) is 4.74 Å². The highest BCUT2D eigenvalue weighted by atomic mass is 19.4. The van der Waals surface area contributed by atoms with Crippen LogP contribution in [-0.4, -0.2) is 32.0 Å². The lowest BCUT2D eigenvalue weighted by atomic mass is 9.78. The molecule has 2 unspecified atom stereocenters. The second-order valence-corrected chi connectivity index (χ2v) is 5.48. The maximum atomic E-state index is 12.1. The fraction of sp³-hybridized carbons (Fsp3) is 1.00. The third-order valence-corrected chi connectivity index (χ3v) is 3.56. The fourth-order valence-electron chi connectivity index (χ4n) is 2.84. The van der Waals surface area contributed by atoms with Gasteiger partial charge in [-0.05, 0) is 32.2 Å². The Morgan fingerprint density at radius 2 is 2.11 bits per heavy atom. The molecule has 0 bridgehead atoms. The van der Waals surface area contributed by atoms with E-state index in [0.29, 0.717) is 5.92 Å². The van der Waals surface area contributed by atoms with E-state index in [2.05, 4.69) is 12.2 Å². The van der Waals surface area contributed by atoms with Crippen LogP contribution >= 0.6 is 0 Å². The average molecular weight is 267 g/mol. The van der Waals surface area contributed by atoms with Gasteiger partial charge in [0.25, 0.3) is 0 Å². The first-order chi connectivity index (χ1) is 8.37. The second-order valence-electron chi connectivity index (χ2n) is 5.48. The summed E-state index contributed by atoms with van der Waals surface area (Å²) < 4.78 is 42.0. The lowest BCUT2D eigenvalue weighted by molar-refractivity contribution is -0.144. The van der Waals surface area contributed by atoms with Crippen molar-refractivity contribution >= 4 is 0 Å². The van der Waals surface area contributed by atoms with Gasteiger partial charge in [0.05, 0.1) is 5.60 Å². The molecule has 108 valence electrons. The molecule has 2 nitrogen and oxygen atoms in total. The quantitative estimate of drug-likeness (QED) is 0.744. The SMILES string of the molecule is CNCC1(OCCCC(F)(F)F)CCCC(C)C1. The Labute approximate surface area is 107 Å². The summed E-state index contributed by atoms with van der Waals surface area (Å²) in [5.74, 6) is 0.592. The van der Waals surface area contributed by atoms with Gasteiger partial charge in [-0.3, -0.25) is 0 Å². The van der Waals surface area contributed by atoms with Crippen molar-refractivity contribution in [2.75, 3.05) is 20.2 Å². The predicted molar refractivity (Wildman–Crippen MR) is 65.5 cm³/mol. The van der Waals surface area contributed by atoms with E-state index in [1.807, 2.05) is 7.05 Å². The summed E-state index contributed by atoms with van der Waals surface area (Å²) in [6, 6.07) is 0. The van der Waals surface area contributed by atoms with Gasteiger partial charge >= 0.3 is 6.18 Å². The standard InChI is InChI=1S/C13H24F3NO/c1-11-5-3-6-12(9-11,10-17-2)18-8-4-7-13(14,15)16/h11,17H,3-10H2,1-2H3. The molecule has 0 heterocycles. The number of nitrogens with one attached hydrogen (secondary N) is 1. The van der Waals surface area contributed by atoms with E-state index in [1.165, 1.54) is 6.42 Å². The van der Waals surface area contributed by atoms with Crippen molar-refractivity contribution < 1.29 is 17.9 Å². The molecule has 1 N–H and O–H groups in total. The smallest absolute Gasteiger partial charge is 0.374 e. The molecule has 0 radical (unpaired) electrons. The molecule has 0 aliphatic heterocycles. The zero-order valence-electron chi connectivity index (χ0n) is 11.3. The van der Waals surface area contributed by atoms with Gasteiger partial charge in [-0.2, -0.15) is 13.2 Å². The summed E-state index contributed by atoms with van der Waals surface area (Å²) in [5, 5.41) is 3.11. The Bertz CT molecular complexity index is 241. The number of hydrogen-bond donors (Lipinski definition) is 1. The Hall–Kier alpha value is -0.290. The molecule has 1 fully saturated rings. The van der Waals surface area contributed by atoms with Gasteiger partial charge in [-0.1, -0.05) is 19.8 Å². The normalized spacial score (nSPS) is 29.5. The van der Waals surface area contributed by atoms with Gasteiger partial charge in [0.2, 0.25) is 0 Å². The number of alkyl halides is 3. The first-order valence-corrected chi connectivity index (χ1v) is 6.72. The van der Waals surface area contributed by atoms with Crippen LogP contribution in [0.15, 0.2) is 0 Å². The van der Waals surface area contributed by atoms with Crippen molar-refractivity contribution in [3.63, 3.8) is 0 Å². The first-order valence-electron chi connectivity index (χ1n) is 6.72. The van der Waals surface area contributed by atoms with E-state index in [0.717, 1.165) is 25.8 Å². The minimum absolute atomic E-state index is 0.0589. The maximum Gasteiger partial charge on any atom is 0.389 e. The van der Waals surface area contributed by atoms with Crippen molar-refractivity contribution in [1.82, 2.24) is 5.32 Å². The Morgan fingerprint density at radius 3 is 2.67 bits per heavy atom. The molecule has 0 amide bonds. The van der Waals surface area contributed by atoms with Crippen molar-refractivity contribution in [3.05, 3.63) is 0 Å². The number of rotatable bonds is 6. The highest BCUT2D eigenvalue weighted by Gasteiger charge is 2.35. The second kappa shape index (κ2) is 6.75. The van der Waals surface area contributed by atoms with Gasteiger partial charge in [0, 0.05) is 19.6 Å². The summed E-state index contributed by atoms with van der Waals surface area (Å²) in [5.41, 5.74) is -0.252. The Balaban J connectivity index is 2.38. The summed E-state index contributed by atoms with van der Waals surface area (Å²) in [4.78, 5) is 0. The van der Waals surface area contributed by atoms with E-state index in [1.54, 1.807) is 0 Å². The van der Waals surface area contributed by atoms with Crippen LogP contribution in [0.25, 0.3) is 0 Å². The maximum absolute atomic E-state index is 12.1. The molecule has 18 heavy (non-hydrogen) atoms. The summed E-state index contributed by atoms with van der Waals surface area (Å²) in [6.07, 6.45) is -0.579. The summed E-state index contributed by atoms with van der Waals surface area (Å²) in [7, 11) is 1.86. The van der Waals surface area contributed by atoms with E-state index in [-0.39, 0.29) is 18.6 Å². The number of ether oxygens (including phenoxy) is 1. The van der Waals surface area contributed by atoms with Crippen LogP contribution in [0, 0.1) is 5.92 Å². The molecule has 1 aliphatic rings. The van der Waals surface area contributed by atoms with E-state index in [4.69, 9.17) is 4.74 Å². The van der Waals surface area contributed by atoms with Crippen LogP contribution in [0.3, 0.4) is 0 Å². The molecule has 0 aromatic rings. The van der Waals surface area contributed by atoms with Crippen molar-refractivity contribution in [2.24, 2.45) is 5.92 Å². The first kappa shape index (κ1) is 15.8. The lowest BCUT2D eigenvalue weighted by Gasteiger charge is -2.40. The monoisotopic (exact) mass is 267 g/mol. The van der Waals surface area contributed by atoms with Gasteiger partial charge in [-0.25, -0.2) is 0 Å². The third kappa shape index (κ3) is 5.57. The predicted octanol–water partition coefficient (Wildman–Crippen LogP) is 3.51. The molecule has 1 saturated carbocycles. The van der Waals surface area contributed by atoms with Crippen molar-refractivity contribution in [2.45, 2.75) is 57.2 Å².